The fourth-order valence-corrected chi connectivity index (χ4v) is 4.22. The van der Waals surface area contributed by atoms with Crippen LogP contribution in [0.4, 0.5) is 0 Å². The van der Waals surface area contributed by atoms with Crippen LogP contribution in [0.15, 0.2) is 23.1 Å². The van der Waals surface area contributed by atoms with Gasteiger partial charge in [0.05, 0.1) is 18.3 Å². The minimum Gasteiger partial charge on any atom is -0.496 e. The van der Waals surface area contributed by atoms with E-state index in [2.05, 4.69) is 4.72 Å². The fourth-order valence-electron chi connectivity index (χ4n) is 2.25. The average Bonchev–Trinajstić information content (AvgIpc) is 2.48. The third kappa shape index (κ3) is 6.93. The van der Waals surface area contributed by atoms with Crippen molar-refractivity contribution in [2.45, 2.75) is 32.1 Å². The van der Waals surface area contributed by atoms with Crippen molar-refractivity contribution in [3.8, 4) is 5.75 Å². The van der Waals surface area contributed by atoms with Crippen molar-refractivity contribution in [3.05, 3.63) is 23.8 Å². The van der Waals surface area contributed by atoms with Crippen LogP contribution in [0.1, 0.15) is 25.8 Å². The second-order valence-electron chi connectivity index (χ2n) is 6.37. The molecule has 0 amide bonds. The van der Waals surface area contributed by atoms with E-state index < -0.39 is 20.0 Å². The van der Waals surface area contributed by atoms with E-state index in [0.29, 0.717) is 23.8 Å². The molecule has 0 saturated heterocycles. The number of hydrogen-bond acceptors (Lipinski definition) is 5. The first kappa shape index (κ1) is 21.9. The smallest absolute Gasteiger partial charge is 0.240 e. The molecule has 144 valence electrons. The van der Waals surface area contributed by atoms with Gasteiger partial charge in [0.15, 0.2) is 0 Å². The van der Waals surface area contributed by atoms with Crippen LogP contribution in [0.5, 0.6) is 5.75 Å². The average molecular weight is 393 g/mol. The van der Waals surface area contributed by atoms with Crippen LogP contribution in [0.2, 0.25) is 0 Å². The predicted molar refractivity (Wildman–Crippen MR) is 98.8 cm³/mol. The molecule has 1 N–H and O–H groups in total. The maximum Gasteiger partial charge on any atom is 0.240 e. The van der Waals surface area contributed by atoms with Gasteiger partial charge in [-0.2, -0.15) is 0 Å². The molecule has 0 unspecified atom stereocenters. The summed E-state index contributed by atoms with van der Waals surface area (Å²) >= 11 is 0. The Morgan fingerprint density at radius 2 is 1.80 bits per heavy atom. The van der Waals surface area contributed by atoms with E-state index in [4.69, 9.17) is 4.74 Å². The van der Waals surface area contributed by atoms with Crippen molar-refractivity contribution in [3.63, 3.8) is 0 Å². The van der Waals surface area contributed by atoms with Gasteiger partial charge in [0, 0.05) is 19.6 Å². The van der Waals surface area contributed by atoms with E-state index in [1.165, 1.54) is 23.5 Å². The second-order valence-corrected chi connectivity index (χ2v) is 10.1. The summed E-state index contributed by atoms with van der Waals surface area (Å²) in [5.41, 5.74) is 0.708. The molecule has 0 heterocycles. The molecule has 1 aromatic rings. The van der Waals surface area contributed by atoms with Gasteiger partial charge in [0.2, 0.25) is 20.0 Å². The molecule has 0 aliphatic rings. The molecule has 0 spiro atoms. The number of benzene rings is 1. The van der Waals surface area contributed by atoms with Crippen LogP contribution < -0.4 is 9.46 Å². The number of methoxy groups -OCH3 is 1. The van der Waals surface area contributed by atoms with Crippen LogP contribution in [0, 0.1) is 12.8 Å². The Kier molecular flexibility index (Phi) is 7.86. The highest BCUT2D eigenvalue weighted by molar-refractivity contribution is 7.89. The van der Waals surface area contributed by atoms with Crippen molar-refractivity contribution in [2.24, 2.45) is 5.92 Å². The summed E-state index contributed by atoms with van der Waals surface area (Å²) in [6, 6.07) is 4.57. The van der Waals surface area contributed by atoms with E-state index in [9.17, 15) is 16.8 Å². The lowest BCUT2D eigenvalue weighted by Gasteiger charge is -2.21. The van der Waals surface area contributed by atoms with E-state index >= 15 is 0 Å². The lowest BCUT2D eigenvalue weighted by Crippen LogP contribution is -2.38. The number of rotatable bonds is 10. The summed E-state index contributed by atoms with van der Waals surface area (Å²) in [7, 11) is -5.56. The maximum atomic E-state index is 12.4. The Labute approximate surface area is 151 Å². The van der Waals surface area contributed by atoms with E-state index in [1.807, 2.05) is 13.8 Å². The van der Waals surface area contributed by atoms with Gasteiger partial charge in [0.25, 0.3) is 0 Å². The van der Waals surface area contributed by atoms with Gasteiger partial charge in [-0.1, -0.05) is 13.8 Å². The molecule has 1 aromatic carbocycles. The topological polar surface area (TPSA) is 92.8 Å². The summed E-state index contributed by atoms with van der Waals surface area (Å²) in [6.07, 6.45) is 1.85. The zero-order valence-electron chi connectivity index (χ0n) is 15.4. The van der Waals surface area contributed by atoms with Crippen molar-refractivity contribution in [2.75, 3.05) is 33.0 Å². The molecular weight excluding hydrogens is 364 g/mol. The fraction of sp³-hybridized carbons (Fsp3) is 0.625. The lowest BCUT2D eigenvalue weighted by molar-refractivity contribution is 0.385. The Hall–Kier alpha value is -1.16. The Bertz CT molecular complexity index is 774. The number of nitrogens with zero attached hydrogens (tertiary/aromatic N) is 1. The molecule has 0 saturated carbocycles. The Balaban J connectivity index is 2.75. The highest BCUT2D eigenvalue weighted by atomic mass is 32.2. The van der Waals surface area contributed by atoms with Crippen LogP contribution in [-0.2, 0) is 20.0 Å². The molecule has 25 heavy (non-hydrogen) atoms. The predicted octanol–water partition coefficient (Wildman–Crippen LogP) is 1.59. The normalized spacial score (nSPS) is 12.8. The van der Waals surface area contributed by atoms with Gasteiger partial charge in [-0.25, -0.2) is 25.9 Å². The third-order valence-corrected chi connectivity index (χ3v) is 6.52. The number of ether oxygens (including phenoxy) is 1. The molecule has 0 aliphatic heterocycles. The first-order chi connectivity index (χ1) is 11.5. The number of aryl methyl sites for hydroxylation is 1. The minimum atomic E-state index is -3.71. The van der Waals surface area contributed by atoms with Crippen molar-refractivity contribution in [1.82, 2.24) is 9.03 Å². The van der Waals surface area contributed by atoms with Gasteiger partial charge in [-0.05, 0) is 43.0 Å². The summed E-state index contributed by atoms with van der Waals surface area (Å²) in [4.78, 5) is 0.124. The van der Waals surface area contributed by atoms with Crippen molar-refractivity contribution >= 4 is 20.0 Å². The highest BCUT2D eigenvalue weighted by Gasteiger charge is 2.19. The molecule has 9 heteroatoms. The molecule has 0 fully saturated rings. The molecule has 0 atom stereocenters. The van der Waals surface area contributed by atoms with E-state index in [-0.39, 0.29) is 18.0 Å². The quantitative estimate of drug-likeness (QED) is 0.653. The number of hydrogen-bond donors (Lipinski definition) is 1. The maximum absolute atomic E-state index is 12.4. The summed E-state index contributed by atoms with van der Waals surface area (Å²) in [5.74, 6) is 0.971. The van der Waals surface area contributed by atoms with Gasteiger partial charge in [0.1, 0.15) is 5.75 Å². The van der Waals surface area contributed by atoms with Crippen LogP contribution in [0.3, 0.4) is 0 Å². The number of sulfonamides is 2. The summed E-state index contributed by atoms with van der Waals surface area (Å²) in [6.45, 7) is 6.26. The SMILES string of the molecule is COc1ccc(S(=O)(=O)NCCN(CCC(C)C)S(C)(=O)=O)cc1C. The standard InChI is InChI=1S/C16H28N2O5S2/c1-13(2)8-10-18(24(5,19)20)11-9-17-25(21,22)15-6-7-16(23-4)14(3)12-15/h6-7,12-13,17H,8-11H2,1-5H3. The van der Waals surface area contributed by atoms with Crippen LogP contribution in [0.25, 0.3) is 0 Å². The highest BCUT2D eigenvalue weighted by Crippen LogP contribution is 2.21. The zero-order chi connectivity index (χ0) is 19.3. The summed E-state index contributed by atoms with van der Waals surface area (Å²) < 4.78 is 57.2. The Morgan fingerprint density at radius 1 is 1.16 bits per heavy atom. The molecule has 0 bridgehead atoms. The van der Waals surface area contributed by atoms with Crippen LogP contribution in [-0.4, -0.2) is 54.1 Å². The zero-order valence-corrected chi connectivity index (χ0v) is 17.1. The molecular formula is C16H28N2O5S2. The van der Waals surface area contributed by atoms with Crippen molar-refractivity contribution < 1.29 is 21.6 Å². The molecule has 1 rings (SSSR count). The first-order valence-corrected chi connectivity index (χ1v) is 11.4. The van der Waals surface area contributed by atoms with Gasteiger partial charge in [-0.3, -0.25) is 0 Å². The monoisotopic (exact) mass is 392 g/mol. The van der Waals surface area contributed by atoms with E-state index in [0.717, 1.165) is 12.7 Å². The molecule has 0 radical (unpaired) electrons. The first-order valence-electron chi connectivity index (χ1n) is 8.07. The number of nitrogens with one attached hydrogen (secondary N) is 1. The minimum absolute atomic E-state index is 0.0125. The summed E-state index contributed by atoms with van der Waals surface area (Å²) in [5, 5.41) is 0. The van der Waals surface area contributed by atoms with Gasteiger partial charge < -0.3 is 4.74 Å². The van der Waals surface area contributed by atoms with Gasteiger partial charge in [-0.15, -0.1) is 0 Å². The molecule has 0 aliphatic carbocycles. The second kappa shape index (κ2) is 8.98. The van der Waals surface area contributed by atoms with Crippen molar-refractivity contribution in [1.29, 1.82) is 0 Å². The molecule has 7 nitrogen and oxygen atoms in total. The largest absolute Gasteiger partial charge is 0.496 e. The van der Waals surface area contributed by atoms with Crippen LogP contribution >= 0.6 is 0 Å². The third-order valence-electron chi connectivity index (χ3n) is 3.75. The van der Waals surface area contributed by atoms with E-state index in [1.54, 1.807) is 13.0 Å². The Morgan fingerprint density at radius 3 is 2.28 bits per heavy atom. The molecule has 0 aromatic heterocycles. The van der Waals surface area contributed by atoms with Gasteiger partial charge >= 0.3 is 0 Å². The lowest BCUT2D eigenvalue weighted by atomic mass is 10.1.